The highest BCUT2D eigenvalue weighted by molar-refractivity contribution is 5.76. The van der Waals surface area contributed by atoms with Gasteiger partial charge in [0.2, 0.25) is 5.91 Å². The largest absolute Gasteiger partial charge is 0.388 e. The average Bonchev–Trinajstić information content (AvgIpc) is 2.67. The molecule has 5 heteroatoms. The van der Waals surface area contributed by atoms with E-state index in [1.165, 1.54) is 0 Å². The Balaban J connectivity index is 2.05. The van der Waals surface area contributed by atoms with Crippen molar-refractivity contribution in [2.24, 2.45) is 0 Å². The van der Waals surface area contributed by atoms with Crippen molar-refractivity contribution < 1.29 is 9.90 Å². The highest BCUT2D eigenvalue weighted by atomic mass is 16.3. The van der Waals surface area contributed by atoms with E-state index in [0.717, 1.165) is 36.8 Å². The van der Waals surface area contributed by atoms with E-state index in [4.69, 9.17) is 5.26 Å². The van der Waals surface area contributed by atoms with Crippen molar-refractivity contribution in [1.29, 1.82) is 5.26 Å². The second-order valence-electron chi connectivity index (χ2n) is 4.61. The Morgan fingerprint density at radius 2 is 2.39 bits per heavy atom. The summed E-state index contributed by atoms with van der Waals surface area (Å²) < 4.78 is 1.78. The monoisotopic (exact) mass is 247 g/mol. The number of carbonyl (C=O) groups is 1. The van der Waals surface area contributed by atoms with Gasteiger partial charge in [0.25, 0.3) is 0 Å². The highest BCUT2D eigenvalue weighted by Gasteiger charge is 2.18. The molecule has 2 N–H and O–H groups in total. The molecular formula is C13H17N3O2. The predicted molar refractivity (Wildman–Crippen MR) is 65.6 cm³/mol. The number of carbonyl (C=O) groups excluding carboxylic acids is 1. The molecule has 18 heavy (non-hydrogen) atoms. The third kappa shape index (κ3) is 2.90. The van der Waals surface area contributed by atoms with Crippen molar-refractivity contribution in [3.8, 4) is 6.07 Å². The van der Waals surface area contributed by atoms with Gasteiger partial charge in [-0.3, -0.25) is 4.79 Å². The minimum Gasteiger partial charge on any atom is -0.388 e. The lowest BCUT2D eigenvalue weighted by Crippen LogP contribution is -2.27. The summed E-state index contributed by atoms with van der Waals surface area (Å²) in [5.74, 6) is -0.184. The first-order chi connectivity index (χ1) is 8.70. The SMILES string of the molecule is N#CCNC(=O)Cn1cc2c(c1)C(O)CCCC2. The molecule has 1 unspecified atom stereocenters. The van der Waals surface area contributed by atoms with Crippen molar-refractivity contribution in [3.63, 3.8) is 0 Å². The summed E-state index contributed by atoms with van der Waals surface area (Å²) in [7, 11) is 0. The molecule has 1 aromatic rings. The molecule has 1 amide bonds. The van der Waals surface area contributed by atoms with Crippen molar-refractivity contribution in [2.45, 2.75) is 38.3 Å². The van der Waals surface area contributed by atoms with E-state index >= 15 is 0 Å². The van der Waals surface area contributed by atoms with Crippen molar-refractivity contribution in [1.82, 2.24) is 9.88 Å². The van der Waals surface area contributed by atoms with E-state index in [2.05, 4.69) is 5.32 Å². The van der Waals surface area contributed by atoms with Crippen LogP contribution in [0.3, 0.4) is 0 Å². The van der Waals surface area contributed by atoms with Gasteiger partial charge in [0.1, 0.15) is 13.1 Å². The Bertz CT molecular complexity index is 473. The quantitative estimate of drug-likeness (QED) is 0.615. The first kappa shape index (κ1) is 12.7. The predicted octanol–water partition coefficient (Wildman–Crippen LogP) is 0.888. The fourth-order valence-corrected chi connectivity index (χ4v) is 2.34. The number of nitrogens with one attached hydrogen (secondary N) is 1. The van der Waals surface area contributed by atoms with Crippen LogP contribution in [0, 0.1) is 11.3 Å². The molecule has 5 nitrogen and oxygen atoms in total. The molecule has 1 aromatic heterocycles. The zero-order valence-corrected chi connectivity index (χ0v) is 10.2. The van der Waals surface area contributed by atoms with E-state index in [9.17, 15) is 9.90 Å². The lowest BCUT2D eigenvalue weighted by Gasteiger charge is -2.06. The Kier molecular flexibility index (Phi) is 4.00. The molecule has 0 fully saturated rings. The van der Waals surface area contributed by atoms with E-state index < -0.39 is 6.10 Å². The number of aliphatic hydroxyl groups excluding tert-OH is 1. The molecule has 1 aliphatic rings. The van der Waals surface area contributed by atoms with Gasteiger partial charge in [-0.1, -0.05) is 6.42 Å². The average molecular weight is 247 g/mol. The van der Waals surface area contributed by atoms with Gasteiger partial charge in [-0.2, -0.15) is 5.26 Å². The Hall–Kier alpha value is -1.80. The minimum absolute atomic E-state index is 0.0302. The molecule has 1 aliphatic carbocycles. The van der Waals surface area contributed by atoms with Gasteiger partial charge < -0.3 is 15.0 Å². The van der Waals surface area contributed by atoms with Gasteiger partial charge >= 0.3 is 0 Å². The maximum absolute atomic E-state index is 11.5. The first-order valence-corrected chi connectivity index (χ1v) is 6.21. The second kappa shape index (κ2) is 5.69. The third-order valence-corrected chi connectivity index (χ3v) is 3.22. The van der Waals surface area contributed by atoms with Crippen LogP contribution in [0.2, 0.25) is 0 Å². The van der Waals surface area contributed by atoms with Crippen LogP contribution in [0.25, 0.3) is 0 Å². The first-order valence-electron chi connectivity index (χ1n) is 6.21. The van der Waals surface area contributed by atoms with Crippen molar-refractivity contribution in [3.05, 3.63) is 23.5 Å². The maximum Gasteiger partial charge on any atom is 0.240 e. The number of hydrogen-bond acceptors (Lipinski definition) is 3. The minimum atomic E-state index is -0.411. The van der Waals surface area contributed by atoms with Crippen molar-refractivity contribution in [2.75, 3.05) is 6.54 Å². The van der Waals surface area contributed by atoms with Gasteiger partial charge in [0.15, 0.2) is 0 Å². The lowest BCUT2D eigenvalue weighted by atomic mass is 10.1. The van der Waals surface area contributed by atoms with E-state index in [0.29, 0.717) is 0 Å². The van der Waals surface area contributed by atoms with Crippen LogP contribution < -0.4 is 5.32 Å². The number of amides is 1. The Labute approximate surface area is 106 Å². The second-order valence-corrected chi connectivity index (χ2v) is 4.61. The third-order valence-electron chi connectivity index (χ3n) is 3.22. The molecule has 0 aliphatic heterocycles. The van der Waals surface area contributed by atoms with Crippen LogP contribution in [-0.4, -0.2) is 22.1 Å². The molecule has 0 saturated carbocycles. The van der Waals surface area contributed by atoms with Crippen LogP contribution in [-0.2, 0) is 17.8 Å². The molecule has 1 atom stereocenters. The van der Waals surface area contributed by atoms with Gasteiger partial charge in [0.05, 0.1) is 12.2 Å². The topological polar surface area (TPSA) is 78.0 Å². The fourth-order valence-electron chi connectivity index (χ4n) is 2.34. The molecule has 96 valence electrons. The number of hydrogen-bond donors (Lipinski definition) is 2. The molecule has 1 heterocycles. The molecule has 2 rings (SSSR count). The van der Waals surface area contributed by atoms with Crippen LogP contribution >= 0.6 is 0 Å². The molecule has 0 radical (unpaired) electrons. The lowest BCUT2D eigenvalue weighted by molar-refractivity contribution is -0.121. The maximum atomic E-state index is 11.5. The molecule has 0 bridgehead atoms. The highest BCUT2D eigenvalue weighted by Crippen LogP contribution is 2.29. The van der Waals surface area contributed by atoms with Crippen LogP contribution in [0.15, 0.2) is 12.4 Å². The van der Waals surface area contributed by atoms with Crippen LogP contribution in [0.1, 0.15) is 36.5 Å². The van der Waals surface area contributed by atoms with Crippen molar-refractivity contribution >= 4 is 5.91 Å². The summed E-state index contributed by atoms with van der Waals surface area (Å²) >= 11 is 0. The summed E-state index contributed by atoms with van der Waals surface area (Å²) in [4.78, 5) is 11.5. The van der Waals surface area contributed by atoms with E-state index in [-0.39, 0.29) is 19.0 Å². The summed E-state index contributed by atoms with van der Waals surface area (Å²) in [6.45, 7) is 0.226. The Morgan fingerprint density at radius 1 is 1.56 bits per heavy atom. The molecule has 0 aromatic carbocycles. The van der Waals surface area contributed by atoms with Gasteiger partial charge in [-0.25, -0.2) is 0 Å². The number of aromatic nitrogens is 1. The summed E-state index contributed by atoms with van der Waals surface area (Å²) in [5.41, 5.74) is 2.08. The molecule has 0 saturated heterocycles. The zero-order chi connectivity index (χ0) is 13.0. The molecule has 0 spiro atoms. The fraction of sp³-hybridized carbons (Fsp3) is 0.538. The van der Waals surface area contributed by atoms with Gasteiger partial charge in [-0.15, -0.1) is 0 Å². The summed E-state index contributed by atoms with van der Waals surface area (Å²) in [6.07, 6.45) is 7.22. The number of nitrogens with zero attached hydrogens (tertiary/aromatic N) is 2. The normalized spacial score (nSPS) is 18.6. The standard InChI is InChI=1S/C13H17N3O2/c14-5-6-15-13(18)9-16-7-10-3-1-2-4-12(17)11(10)8-16/h7-8,12,17H,1-4,6,9H2,(H,15,18). The summed E-state index contributed by atoms with van der Waals surface area (Å²) in [6, 6.07) is 1.87. The number of nitriles is 1. The number of rotatable bonds is 3. The Morgan fingerprint density at radius 3 is 3.17 bits per heavy atom. The number of aryl methyl sites for hydroxylation is 1. The van der Waals surface area contributed by atoms with Gasteiger partial charge in [0, 0.05) is 18.0 Å². The van der Waals surface area contributed by atoms with E-state index in [1.807, 2.05) is 18.5 Å². The zero-order valence-electron chi connectivity index (χ0n) is 10.2. The smallest absolute Gasteiger partial charge is 0.240 e. The number of aliphatic hydroxyl groups is 1. The van der Waals surface area contributed by atoms with Crippen LogP contribution in [0.5, 0.6) is 0 Å². The van der Waals surface area contributed by atoms with Crippen LogP contribution in [0.4, 0.5) is 0 Å². The van der Waals surface area contributed by atoms with E-state index in [1.54, 1.807) is 4.57 Å². The molecular weight excluding hydrogens is 230 g/mol. The van der Waals surface area contributed by atoms with Gasteiger partial charge in [-0.05, 0) is 24.8 Å². The summed E-state index contributed by atoms with van der Waals surface area (Å²) in [5, 5.41) is 20.8. The number of fused-ring (bicyclic) bond motifs is 1.